The molecular weight excluding hydrogens is 308 g/mol. The molecule has 0 heterocycles. The Morgan fingerprint density at radius 3 is 2.70 bits per heavy atom. The summed E-state index contributed by atoms with van der Waals surface area (Å²) >= 11 is 0. The SMILES string of the molecule is C/C(=N\Nc1cccc([N+](=O)[O-])c1)c1cccc(OC(F)F)c1. The van der Waals surface area contributed by atoms with Crippen LogP contribution < -0.4 is 10.2 Å². The van der Waals surface area contributed by atoms with Gasteiger partial charge in [0.2, 0.25) is 0 Å². The topological polar surface area (TPSA) is 76.8 Å². The van der Waals surface area contributed by atoms with Crippen LogP contribution in [0.2, 0.25) is 0 Å². The third-order valence-electron chi connectivity index (χ3n) is 2.89. The molecule has 0 atom stereocenters. The summed E-state index contributed by atoms with van der Waals surface area (Å²) in [5.74, 6) is 0.0300. The van der Waals surface area contributed by atoms with Gasteiger partial charge in [-0.15, -0.1) is 0 Å². The van der Waals surface area contributed by atoms with Crippen LogP contribution in [0.4, 0.5) is 20.2 Å². The average Bonchev–Trinajstić information content (AvgIpc) is 2.52. The molecule has 8 heteroatoms. The number of hydrazone groups is 1. The minimum absolute atomic E-state index is 0.0300. The molecule has 0 radical (unpaired) electrons. The van der Waals surface area contributed by atoms with Crippen LogP contribution in [0.25, 0.3) is 0 Å². The molecule has 0 amide bonds. The number of nitro benzene ring substituents is 1. The molecule has 0 saturated heterocycles. The van der Waals surface area contributed by atoms with Crippen LogP contribution in [-0.2, 0) is 0 Å². The van der Waals surface area contributed by atoms with E-state index in [9.17, 15) is 18.9 Å². The Morgan fingerprint density at radius 2 is 2.00 bits per heavy atom. The number of benzene rings is 2. The zero-order chi connectivity index (χ0) is 16.8. The standard InChI is InChI=1S/C15H13F2N3O3/c1-10(11-4-2-7-14(8-11)23-15(16)17)18-19-12-5-3-6-13(9-12)20(21)22/h2-9,15,19H,1H3/b18-10+. The molecule has 0 fully saturated rings. The van der Waals surface area contributed by atoms with E-state index in [4.69, 9.17) is 0 Å². The lowest BCUT2D eigenvalue weighted by molar-refractivity contribution is -0.384. The number of ether oxygens (including phenoxy) is 1. The molecule has 1 N–H and O–H groups in total. The van der Waals surface area contributed by atoms with E-state index in [1.807, 2.05) is 0 Å². The Labute approximate surface area is 130 Å². The molecule has 0 aliphatic heterocycles. The van der Waals surface area contributed by atoms with Crippen LogP contribution >= 0.6 is 0 Å². The first-order valence-electron chi connectivity index (χ1n) is 6.55. The second-order valence-electron chi connectivity index (χ2n) is 4.52. The van der Waals surface area contributed by atoms with E-state index in [-0.39, 0.29) is 11.4 Å². The highest BCUT2D eigenvalue weighted by atomic mass is 19.3. The summed E-state index contributed by atoms with van der Waals surface area (Å²) in [6.07, 6.45) is 0. The van der Waals surface area contributed by atoms with Gasteiger partial charge in [0.25, 0.3) is 5.69 Å². The molecule has 0 aliphatic rings. The van der Waals surface area contributed by atoms with Gasteiger partial charge in [-0.25, -0.2) is 0 Å². The van der Waals surface area contributed by atoms with Gasteiger partial charge in [0.15, 0.2) is 0 Å². The summed E-state index contributed by atoms with van der Waals surface area (Å²) in [6.45, 7) is -1.23. The molecule has 0 unspecified atom stereocenters. The van der Waals surface area contributed by atoms with E-state index >= 15 is 0 Å². The molecule has 23 heavy (non-hydrogen) atoms. The Bertz CT molecular complexity index is 735. The number of nitro groups is 1. The van der Waals surface area contributed by atoms with Crippen molar-refractivity contribution in [1.29, 1.82) is 0 Å². The normalized spacial score (nSPS) is 11.4. The van der Waals surface area contributed by atoms with Gasteiger partial charge >= 0.3 is 6.61 Å². The summed E-state index contributed by atoms with van der Waals surface area (Å²) in [7, 11) is 0. The zero-order valence-electron chi connectivity index (χ0n) is 12.1. The van der Waals surface area contributed by atoms with Crippen LogP contribution in [0.15, 0.2) is 53.6 Å². The minimum atomic E-state index is -2.90. The van der Waals surface area contributed by atoms with E-state index in [0.717, 1.165) is 0 Å². The third-order valence-corrected chi connectivity index (χ3v) is 2.89. The maximum atomic E-state index is 12.2. The molecule has 2 aromatic carbocycles. The molecule has 0 spiro atoms. The van der Waals surface area contributed by atoms with E-state index < -0.39 is 11.5 Å². The van der Waals surface area contributed by atoms with Gasteiger partial charge in [-0.2, -0.15) is 13.9 Å². The second-order valence-corrected chi connectivity index (χ2v) is 4.52. The van der Waals surface area contributed by atoms with Crippen LogP contribution in [0, 0.1) is 10.1 Å². The lowest BCUT2D eigenvalue weighted by atomic mass is 10.1. The minimum Gasteiger partial charge on any atom is -0.435 e. The van der Waals surface area contributed by atoms with Crippen LogP contribution in [-0.4, -0.2) is 17.2 Å². The van der Waals surface area contributed by atoms with Gasteiger partial charge in [-0.05, 0) is 25.1 Å². The van der Waals surface area contributed by atoms with Gasteiger partial charge in [-0.1, -0.05) is 18.2 Å². The fourth-order valence-electron chi connectivity index (χ4n) is 1.80. The fraction of sp³-hybridized carbons (Fsp3) is 0.133. The monoisotopic (exact) mass is 321 g/mol. The number of halogens is 2. The fourth-order valence-corrected chi connectivity index (χ4v) is 1.80. The predicted molar refractivity (Wildman–Crippen MR) is 82.0 cm³/mol. The first kappa shape index (κ1) is 16.3. The maximum Gasteiger partial charge on any atom is 0.387 e. The smallest absolute Gasteiger partial charge is 0.387 e. The molecule has 2 rings (SSSR count). The molecular formula is C15H13F2N3O3. The molecule has 2 aromatic rings. The average molecular weight is 321 g/mol. The molecule has 120 valence electrons. The Kier molecular flexibility index (Phi) is 5.19. The van der Waals surface area contributed by atoms with Crippen molar-refractivity contribution in [3.8, 4) is 5.75 Å². The highest BCUT2D eigenvalue weighted by Gasteiger charge is 2.07. The van der Waals surface area contributed by atoms with E-state index in [1.165, 1.54) is 30.3 Å². The van der Waals surface area contributed by atoms with E-state index in [0.29, 0.717) is 17.0 Å². The predicted octanol–water partition coefficient (Wildman–Crippen LogP) is 4.03. The Hall–Kier alpha value is -3.03. The molecule has 0 saturated carbocycles. The summed E-state index contributed by atoms with van der Waals surface area (Å²) in [5, 5.41) is 14.8. The first-order valence-corrected chi connectivity index (χ1v) is 6.55. The van der Waals surface area contributed by atoms with Crippen LogP contribution in [0.3, 0.4) is 0 Å². The van der Waals surface area contributed by atoms with Crippen molar-refractivity contribution < 1.29 is 18.4 Å². The molecule has 0 bridgehead atoms. The summed E-state index contributed by atoms with van der Waals surface area (Å²) < 4.78 is 28.7. The first-order chi connectivity index (χ1) is 11.0. The number of nitrogens with zero attached hydrogens (tertiary/aromatic N) is 2. The van der Waals surface area contributed by atoms with Gasteiger partial charge in [0.05, 0.1) is 16.3 Å². The number of alkyl halides is 2. The lowest BCUT2D eigenvalue weighted by Gasteiger charge is -2.07. The number of rotatable bonds is 6. The molecule has 0 aromatic heterocycles. The maximum absolute atomic E-state index is 12.2. The van der Waals surface area contributed by atoms with Crippen molar-refractivity contribution in [2.75, 3.05) is 5.43 Å². The van der Waals surface area contributed by atoms with Gasteiger partial charge in [0.1, 0.15) is 5.75 Å². The van der Waals surface area contributed by atoms with Gasteiger partial charge in [-0.3, -0.25) is 15.5 Å². The van der Waals surface area contributed by atoms with Crippen molar-refractivity contribution >= 4 is 17.1 Å². The van der Waals surface area contributed by atoms with Crippen molar-refractivity contribution in [1.82, 2.24) is 0 Å². The molecule has 0 aliphatic carbocycles. The summed E-state index contributed by atoms with van der Waals surface area (Å²) in [4.78, 5) is 10.2. The quantitative estimate of drug-likeness (QED) is 0.495. The highest BCUT2D eigenvalue weighted by Crippen LogP contribution is 2.19. The number of hydrogen-bond donors (Lipinski definition) is 1. The number of non-ortho nitro benzene ring substituents is 1. The third kappa shape index (κ3) is 4.73. The van der Waals surface area contributed by atoms with E-state index in [1.54, 1.807) is 25.1 Å². The zero-order valence-corrected chi connectivity index (χ0v) is 12.1. The lowest BCUT2D eigenvalue weighted by Crippen LogP contribution is -2.04. The van der Waals surface area contributed by atoms with Crippen molar-refractivity contribution in [2.24, 2.45) is 5.10 Å². The van der Waals surface area contributed by atoms with Crippen LogP contribution in [0.1, 0.15) is 12.5 Å². The van der Waals surface area contributed by atoms with Crippen LogP contribution in [0.5, 0.6) is 5.75 Å². The largest absolute Gasteiger partial charge is 0.435 e. The van der Waals surface area contributed by atoms with Gasteiger partial charge in [0, 0.05) is 17.7 Å². The highest BCUT2D eigenvalue weighted by molar-refractivity contribution is 5.99. The molecule has 6 nitrogen and oxygen atoms in total. The number of anilines is 1. The number of nitrogens with one attached hydrogen (secondary N) is 1. The summed E-state index contributed by atoms with van der Waals surface area (Å²) in [5.41, 5.74) is 4.17. The van der Waals surface area contributed by atoms with E-state index in [2.05, 4.69) is 15.3 Å². The Balaban J connectivity index is 2.13. The van der Waals surface area contributed by atoms with Gasteiger partial charge < -0.3 is 4.74 Å². The summed E-state index contributed by atoms with van der Waals surface area (Å²) in [6, 6.07) is 12.0. The van der Waals surface area contributed by atoms with Crippen molar-refractivity contribution in [3.63, 3.8) is 0 Å². The Morgan fingerprint density at radius 1 is 1.26 bits per heavy atom. The van der Waals surface area contributed by atoms with Crippen molar-refractivity contribution in [3.05, 3.63) is 64.2 Å². The van der Waals surface area contributed by atoms with Crippen molar-refractivity contribution in [2.45, 2.75) is 13.5 Å². The second kappa shape index (κ2) is 7.30. The number of hydrogen-bond acceptors (Lipinski definition) is 5.